The zero-order valence-corrected chi connectivity index (χ0v) is 14.0. The van der Waals surface area contributed by atoms with Crippen molar-refractivity contribution in [2.75, 3.05) is 7.05 Å². The Balaban J connectivity index is 1.87. The summed E-state index contributed by atoms with van der Waals surface area (Å²) in [5.41, 5.74) is 0.806. The van der Waals surface area contributed by atoms with Gasteiger partial charge in [0, 0.05) is 16.8 Å². The Hall–Kier alpha value is -1.69. The lowest BCUT2D eigenvalue weighted by molar-refractivity contribution is 0.242. The Bertz CT molecular complexity index is 871. The average molecular weight is 334 g/mol. The van der Waals surface area contributed by atoms with Crippen LogP contribution in [-0.2, 0) is 13.2 Å². The lowest BCUT2D eigenvalue weighted by Crippen LogP contribution is -2.31. The maximum atomic E-state index is 12.5. The molecule has 2 aromatic heterocycles. The molecule has 0 amide bonds. The van der Waals surface area contributed by atoms with E-state index < -0.39 is 0 Å². The molecule has 2 heterocycles. The number of hydrogen-bond donors (Lipinski definition) is 0. The fraction of sp³-hybridized carbons (Fsp3) is 0.250. The first-order valence-electron chi connectivity index (χ1n) is 6.94. The average Bonchev–Trinajstić information content (AvgIpc) is 2.89. The van der Waals surface area contributed by atoms with Gasteiger partial charge in [-0.05, 0) is 32.2 Å². The molecule has 4 nitrogen and oxygen atoms in total. The molecule has 0 spiro atoms. The molecule has 3 rings (SSSR count). The molecule has 3 aromatic rings. The molecule has 114 valence electrons. The van der Waals surface area contributed by atoms with Crippen molar-refractivity contribution in [1.82, 2.24) is 14.7 Å². The van der Waals surface area contributed by atoms with Gasteiger partial charge in [0.1, 0.15) is 0 Å². The molecule has 0 aliphatic carbocycles. The van der Waals surface area contributed by atoms with Gasteiger partial charge >= 0.3 is 0 Å². The third kappa shape index (κ3) is 3.06. The molecule has 0 bridgehead atoms. The second kappa shape index (κ2) is 6.20. The first-order valence-corrected chi connectivity index (χ1v) is 8.13. The highest BCUT2D eigenvalue weighted by Crippen LogP contribution is 2.22. The number of nitrogens with zero attached hydrogens (tertiary/aromatic N) is 3. The topological polar surface area (TPSA) is 38.1 Å². The molecule has 6 heteroatoms. The third-order valence-corrected chi connectivity index (χ3v) is 4.70. The second-order valence-corrected chi connectivity index (χ2v) is 7.10. The van der Waals surface area contributed by atoms with Crippen molar-refractivity contribution >= 4 is 33.7 Å². The predicted molar refractivity (Wildman–Crippen MR) is 91.5 cm³/mol. The van der Waals surface area contributed by atoms with Crippen LogP contribution in [0.25, 0.3) is 10.8 Å². The van der Waals surface area contributed by atoms with Gasteiger partial charge in [-0.3, -0.25) is 9.69 Å². The van der Waals surface area contributed by atoms with Gasteiger partial charge < -0.3 is 0 Å². The zero-order chi connectivity index (χ0) is 15.7. The molecule has 0 aliphatic rings. The molecule has 0 fully saturated rings. The number of hydrogen-bond acceptors (Lipinski definition) is 4. The quantitative estimate of drug-likeness (QED) is 0.733. The molecule has 1 aromatic carbocycles. The Labute approximate surface area is 137 Å². The number of aryl methyl sites for hydroxylation is 1. The van der Waals surface area contributed by atoms with Crippen LogP contribution in [0.2, 0.25) is 4.34 Å². The first kappa shape index (κ1) is 15.2. The smallest absolute Gasteiger partial charge is 0.275 e. The van der Waals surface area contributed by atoms with Gasteiger partial charge in [-0.1, -0.05) is 29.8 Å². The summed E-state index contributed by atoms with van der Waals surface area (Å²) in [6, 6.07) is 11.5. The molecule has 0 unspecified atom stereocenters. The summed E-state index contributed by atoms with van der Waals surface area (Å²) in [7, 11) is 1.96. The minimum absolute atomic E-state index is 0.0581. The number of benzene rings is 1. The SMILES string of the molecule is Cc1nn(CN(C)Cc2ccc(Cl)s2)c(=O)c2ccccc12. The van der Waals surface area contributed by atoms with Gasteiger partial charge in [-0.25, -0.2) is 4.68 Å². The summed E-state index contributed by atoms with van der Waals surface area (Å²) < 4.78 is 2.30. The van der Waals surface area contributed by atoms with Gasteiger partial charge in [0.05, 0.1) is 22.1 Å². The van der Waals surface area contributed by atoms with E-state index in [2.05, 4.69) is 5.10 Å². The van der Waals surface area contributed by atoms with Gasteiger partial charge in [-0.2, -0.15) is 5.10 Å². The Morgan fingerprint density at radius 1 is 1.23 bits per heavy atom. The highest BCUT2D eigenvalue weighted by atomic mass is 35.5. The summed E-state index contributed by atoms with van der Waals surface area (Å²) in [6.45, 7) is 3.11. The van der Waals surface area contributed by atoms with Crippen molar-refractivity contribution in [3.63, 3.8) is 0 Å². The van der Waals surface area contributed by atoms with Crippen LogP contribution in [0.15, 0.2) is 41.2 Å². The summed E-state index contributed by atoms with van der Waals surface area (Å²) in [5, 5.41) is 6.05. The van der Waals surface area contributed by atoms with Crippen molar-refractivity contribution in [3.8, 4) is 0 Å². The van der Waals surface area contributed by atoms with E-state index in [-0.39, 0.29) is 5.56 Å². The van der Waals surface area contributed by atoms with Gasteiger partial charge in [0.2, 0.25) is 0 Å². The molecule has 0 saturated heterocycles. The second-order valence-electron chi connectivity index (χ2n) is 5.30. The largest absolute Gasteiger partial charge is 0.282 e. The minimum Gasteiger partial charge on any atom is -0.282 e. The number of rotatable bonds is 4. The number of aromatic nitrogens is 2. The highest BCUT2D eigenvalue weighted by Gasteiger charge is 2.10. The summed E-state index contributed by atoms with van der Waals surface area (Å²) >= 11 is 7.50. The number of halogens is 1. The fourth-order valence-corrected chi connectivity index (χ4v) is 3.65. The van der Waals surface area contributed by atoms with E-state index in [4.69, 9.17) is 11.6 Å². The van der Waals surface area contributed by atoms with Crippen LogP contribution >= 0.6 is 22.9 Å². The van der Waals surface area contributed by atoms with Gasteiger partial charge in [0.15, 0.2) is 0 Å². The first-order chi connectivity index (χ1) is 10.5. The maximum absolute atomic E-state index is 12.5. The normalized spacial score (nSPS) is 11.5. The molecule has 0 saturated carbocycles. The van der Waals surface area contributed by atoms with E-state index >= 15 is 0 Å². The van der Waals surface area contributed by atoms with Crippen LogP contribution in [0, 0.1) is 6.92 Å². The summed E-state index contributed by atoms with van der Waals surface area (Å²) in [4.78, 5) is 15.7. The number of fused-ring (bicyclic) bond motifs is 1. The molecular weight excluding hydrogens is 318 g/mol. The van der Waals surface area contributed by atoms with Crippen molar-refractivity contribution in [2.45, 2.75) is 20.1 Å². The monoisotopic (exact) mass is 333 g/mol. The lowest BCUT2D eigenvalue weighted by Gasteiger charge is -2.17. The minimum atomic E-state index is -0.0581. The van der Waals surface area contributed by atoms with Crippen LogP contribution in [0.4, 0.5) is 0 Å². The maximum Gasteiger partial charge on any atom is 0.275 e. The molecule has 0 radical (unpaired) electrons. The summed E-state index contributed by atoms with van der Waals surface area (Å²) in [6.07, 6.45) is 0. The lowest BCUT2D eigenvalue weighted by atomic mass is 10.1. The highest BCUT2D eigenvalue weighted by molar-refractivity contribution is 7.16. The molecule has 0 N–H and O–H groups in total. The van der Waals surface area contributed by atoms with Crippen molar-refractivity contribution in [1.29, 1.82) is 0 Å². The van der Waals surface area contributed by atoms with Crippen LogP contribution < -0.4 is 5.56 Å². The van der Waals surface area contributed by atoms with Crippen molar-refractivity contribution in [3.05, 3.63) is 61.7 Å². The Morgan fingerprint density at radius 2 is 1.95 bits per heavy atom. The molecule has 0 atom stereocenters. The molecule has 22 heavy (non-hydrogen) atoms. The number of thiophene rings is 1. The Kier molecular flexibility index (Phi) is 4.29. The van der Waals surface area contributed by atoms with Gasteiger partial charge in [-0.15, -0.1) is 11.3 Å². The van der Waals surface area contributed by atoms with E-state index in [0.717, 1.165) is 26.8 Å². The van der Waals surface area contributed by atoms with Crippen molar-refractivity contribution < 1.29 is 0 Å². The fourth-order valence-electron chi connectivity index (χ4n) is 2.48. The van der Waals surface area contributed by atoms with Crippen LogP contribution in [0.3, 0.4) is 0 Å². The van der Waals surface area contributed by atoms with E-state index in [1.165, 1.54) is 4.68 Å². The van der Waals surface area contributed by atoms with E-state index in [0.29, 0.717) is 12.1 Å². The zero-order valence-electron chi connectivity index (χ0n) is 12.4. The van der Waals surface area contributed by atoms with Crippen molar-refractivity contribution in [2.24, 2.45) is 0 Å². The third-order valence-electron chi connectivity index (χ3n) is 3.48. The standard InChI is InChI=1S/C16H16ClN3OS/c1-11-13-5-3-4-6-14(13)16(21)20(18-11)10-19(2)9-12-7-8-15(17)22-12/h3-8H,9-10H2,1-2H3. The van der Waals surface area contributed by atoms with E-state index in [9.17, 15) is 4.79 Å². The van der Waals surface area contributed by atoms with E-state index in [1.54, 1.807) is 11.3 Å². The summed E-state index contributed by atoms with van der Waals surface area (Å²) in [5.74, 6) is 0. The Morgan fingerprint density at radius 3 is 2.64 bits per heavy atom. The predicted octanol–water partition coefficient (Wildman–Crippen LogP) is 3.51. The van der Waals surface area contributed by atoms with E-state index in [1.807, 2.05) is 55.3 Å². The van der Waals surface area contributed by atoms with Crippen LogP contribution in [-0.4, -0.2) is 21.7 Å². The van der Waals surface area contributed by atoms with Gasteiger partial charge in [0.25, 0.3) is 5.56 Å². The van der Waals surface area contributed by atoms with Crippen LogP contribution in [0.1, 0.15) is 10.6 Å². The molecular formula is C16H16ClN3OS. The van der Waals surface area contributed by atoms with Crippen LogP contribution in [0.5, 0.6) is 0 Å². The molecule has 0 aliphatic heterocycles.